The van der Waals surface area contributed by atoms with E-state index in [-0.39, 0.29) is 18.8 Å². The zero-order valence-electron chi connectivity index (χ0n) is 14.5. The van der Waals surface area contributed by atoms with Crippen molar-refractivity contribution in [2.75, 3.05) is 6.61 Å². The van der Waals surface area contributed by atoms with Crippen molar-refractivity contribution in [1.29, 1.82) is 0 Å². The predicted octanol–water partition coefficient (Wildman–Crippen LogP) is 4.95. The molecule has 2 rings (SSSR count). The van der Waals surface area contributed by atoms with Crippen LogP contribution in [0.5, 0.6) is 0 Å². The Labute approximate surface area is 136 Å². The lowest BCUT2D eigenvalue weighted by atomic mass is 9.90. The van der Waals surface area contributed by atoms with Crippen molar-refractivity contribution in [3.63, 3.8) is 0 Å². The number of aliphatic hydroxyl groups is 1. The Bertz CT molecular complexity index is 445. The van der Waals surface area contributed by atoms with Crippen molar-refractivity contribution < 1.29 is 9.84 Å². The average molecular weight is 304 g/mol. The number of fused-ring (bicyclic) bond motifs is 1. The van der Waals surface area contributed by atoms with Gasteiger partial charge in [-0.2, -0.15) is 0 Å². The molecule has 1 heterocycles. The first kappa shape index (κ1) is 17.5. The molecule has 1 saturated heterocycles. The number of rotatable bonds is 1. The average Bonchev–Trinajstić information content (AvgIpc) is 2.86. The third kappa shape index (κ3) is 5.40. The molecule has 0 spiro atoms. The van der Waals surface area contributed by atoms with E-state index in [1.54, 1.807) is 0 Å². The Kier molecular flexibility index (Phi) is 6.91. The number of aliphatic hydroxyl groups excluding tert-OH is 1. The van der Waals surface area contributed by atoms with Gasteiger partial charge in [0.05, 0.1) is 18.8 Å². The van der Waals surface area contributed by atoms with E-state index in [9.17, 15) is 5.11 Å². The smallest absolute Gasteiger partial charge is 0.0817 e. The summed E-state index contributed by atoms with van der Waals surface area (Å²) in [5.41, 5.74) is 4.42. The first-order valence-corrected chi connectivity index (χ1v) is 8.83. The molecule has 0 unspecified atom stereocenters. The van der Waals surface area contributed by atoms with E-state index >= 15 is 0 Å². The van der Waals surface area contributed by atoms with Crippen LogP contribution in [0.3, 0.4) is 0 Å². The fourth-order valence-corrected chi connectivity index (χ4v) is 3.51. The maximum Gasteiger partial charge on any atom is 0.0817 e. The molecule has 0 aromatic rings. The Balaban J connectivity index is 2.11. The second-order valence-corrected chi connectivity index (χ2v) is 7.13. The number of hydrogen-bond donors (Lipinski definition) is 1. The minimum absolute atomic E-state index is 0.0289. The summed E-state index contributed by atoms with van der Waals surface area (Å²) in [4.78, 5) is 0. The highest BCUT2D eigenvalue weighted by Gasteiger charge is 2.33. The van der Waals surface area contributed by atoms with Gasteiger partial charge in [0, 0.05) is 0 Å². The second kappa shape index (κ2) is 8.69. The molecule has 1 aliphatic carbocycles. The Morgan fingerprint density at radius 2 is 1.64 bits per heavy atom. The van der Waals surface area contributed by atoms with Gasteiger partial charge in [-0.3, -0.25) is 0 Å². The quantitative estimate of drug-likeness (QED) is 0.695. The fraction of sp³-hybridized carbons (Fsp3) is 0.700. The lowest BCUT2D eigenvalue weighted by Crippen LogP contribution is -2.15. The monoisotopic (exact) mass is 304 g/mol. The highest BCUT2D eigenvalue weighted by atomic mass is 16.5. The first-order chi connectivity index (χ1) is 10.6. The van der Waals surface area contributed by atoms with Gasteiger partial charge in [-0.1, -0.05) is 34.9 Å². The number of ether oxygens (including phenoxy) is 1. The maximum atomic E-state index is 9.41. The van der Waals surface area contributed by atoms with Crippen LogP contribution in [0.15, 0.2) is 34.9 Å². The molecule has 0 radical (unpaired) electrons. The van der Waals surface area contributed by atoms with Crippen LogP contribution in [0.25, 0.3) is 0 Å². The van der Waals surface area contributed by atoms with Crippen LogP contribution in [-0.2, 0) is 4.74 Å². The van der Waals surface area contributed by atoms with Crippen LogP contribution in [0.2, 0.25) is 0 Å². The van der Waals surface area contributed by atoms with Crippen molar-refractivity contribution in [1.82, 2.24) is 0 Å². The summed E-state index contributed by atoms with van der Waals surface area (Å²) >= 11 is 0. The molecule has 1 aliphatic heterocycles. The van der Waals surface area contributed by atoms with Crippen LogP contribution in [0.4, 0.5) is 0 Å². The molecular weight excluding hydrogens is 272 g/mol. The van der Waals surface area contributed by atoms with Gasteiger partial charge in [-0.15, -0.1) is 0 Å². The molecule has 1 fully saturated rings. The number of hydrogen-bond acceptors (Lipinski definition) is 2. The van der Waals surface area contributed by atoms with E-state index in [0.717, 1.165) is 32.1 Å². The molecular formula is C20H32O2. The molecule has 0 aromatic heterocycles. The van der Waals surface area contributed by atoms with Crippen LogP contribution in [0.1, 0.15) is 65.7 Å². The van der Waals surface area contributed by atoms with E-state index in [4.69, 9.17) is 4.74 Å². The highest BCUT2D eigenvalue weighted by molar-refractivity contribution is 5.10. The predicted molar refractivity (Wildman–Crippen MR) is 92.8 cm³/mol. The van der Waals surface area contributed by atoms with Gasteiger partial charge < -0.3 is 9.84 Å². The zero-order valence-corrected chi connectivity index (χ0v) is 14.5. The van der Waals surface area contributed by atoms with E-state index in [1.165, 1.54) is 29.6 Å². The van der Waals surface area contributed by atoms with E-state index in [1.807, 2.05) is 0 Å². The first-order valence-electron chi connectivity index (χ1n) is 8.83. The minimum atomic E-state index is 0.0289. The molecule has 2 aliphatic rings. The molecule has 2 nitrogen and oxygen atoms in total. The van der Waals surface area contributed by atoms with Crippen LogP contribution in [-0.4, -0.2) is 23.9 Å². The van der Waals surface area contributed by atoms with Gasteiger partial charge in [-0.25, -0.2) is 0 Å². The maximum absolute atomic E-state index is 9.41. The SMILES string of the molecule is C/C1=C\CC/C(C)=C/[C@H]2O[C@@H](CO)C[C@@H]2CC/C(C)=C/CC1. The lowest BCUT2D eigenvalue weighted by Gasteiger charge is -2.17. The Morgan fingerprint density at radius 1 is 1.00 bits per heavy atom. The normalized spacial score (nSPS) is 38.7. The van der Waals surface area contributed by atoms with Gasteiger partial charge in [-0.05, 0) is 71.6 Å². The van der Waals surface area contributed by atoms with E-state index in [2.05, 4.69) is 39.0 Å². The van der Waals surface area contributed by atoms with Crippen molar-refractivity contribution >= 4 is 0 Å². The van der Waals surface area contributed by atoms with Crippen LogP contribution >= 0.6 is 0 Å². The molecule has 3 atom stereocenters. The third-order valence-corrected chi connectivity index (χ3v) is 5.00. The van der Waals surface area contributed by atoms with E-state index < -0.39 is 0 Å². The van der Waals surface area contributed by atoms with Crippen molar-refractivity contribution in [2.45, 2.75) is 77.9 Å². The largest absolute Gasteiger partial charge is 0.394 e. The van der Waals surface area contributed by atoms with Gasteiger partial charge in [0.15, 0.2) is 0 Å². The Morgan fingerprint density at radius 3 is 2.32 bits per heavy atom. The fourth-order valence-electron chi connectivity index (χ4n) is 3.51. The van der Waals surface area contributed by atoms with Crippen LogP contribution < -0.4 is 0 Å². The van der Waals surface area contributed by atoms with Crippen molar-refractivity contribution in [3.8, 4) is 0 Å². The molecule has 0 aromatic carbocycles. The van der Waals surface area contributed by atoms with Gasteiger partial charge in [0.2, 0.25) is 0 Å². The van der Waals surface area contributed by atoms with Gasteiger partial charge >= 0.3 is 0 Å². The van der Waals surface area contributed by atoms with Crippen LogP contribution in [0, 0.1) is 5.92 Å². The molecule has 0 amide bonds. The zero-order chi connectivity index (χ0) is 15.9. The van der Waals surface area contributed by atoms with Crippen molar-refractivity contribution in [3.05, 3.63) is 34.9 Å². The molecule has 0 saturated carbocycles. The lowest BCUT2D eigenvalue weighted by molar-refractivity contribution is 0.0257. The molecule has 22 heavy (non-hydrogen) atoms. The topological polar surface area (TPSA) is 29.5 Å². The third-order valence-electron chi connectivity index (χ3n) is 5.00. The Hall–Kier alpha value is -0.860. The molecule has 0 bridgehead atoms. The highest BCUT2D eigenvalue weighted by Crippen LogP contribution is 2.33. The molecule has 124 valence electrons. The molecule has 2 heteroatoms. The summed E-state index contributed by atoms with van der Waals surface area (Å²) in [6.45, 7) is 6.86. The number of allylic oxidation sites excluding steroid dienone is 5. The summed E-state index contributed by atoms with van der Waals surface area (Å²) < 4.78 is 6.04. The van der Waals surface area contributed by atoms with E-state index in [0.29, 0.717) is 5.92 Å². The summed E-state index contributed by atoms with van der Waals surface area (Å²) in [6.07, 6.45) is 15.2. The summed E-state index contributed by atoms with van der Waals surface area (Å²) in [5, 5.41) is 9.41. The summed E-state index contributed by atoms with van der Waals surface area (Å²) in [7, 11) is 0. The molecule has 1 N–H and O–H groups in total. The van der Waals surface area contributed by atoms with Gasteiger partial charge in [0.25, 0.3) is 0 Å². The minimum Gasteiger partial charge on any atom is -0.394 e. The standard InChI is InChI=1S/C20H32O2/c1-15-6-4-8-16(2)10-11-18-13-19(14-21)22-20(18)12-17(3)9-5-7-15/h7-8,12,18-21H,4-6,9-11,13-14H2,1-3H3/b15-7+,16-8+,17-12+/t18-,19+,20+/m0/s1. The summed E-state index contributed by atoms with van der Waals surface area (Å²) in [5.74, 6) is 0.552. The van der Waals surface area contributed by atoms with Crippen molar-refractivity contribution in [2.24, 2.45) is 5.92 Å². The second-order valence-electron chi connectivity index (χ2n) is 7.13. The summed E-state index contributed by atoms with van der Waals surface area (Å²) in [6, 6.07) is 0. The van der Waals surface area contributed by atoms with Gasteiger partial charge in [0.1, 0.15) is 0 Å².